The van der Waals surface area contributed by atoms with Gasteiger partial charge in [-0.2, -0.15) is 8.42 Å². The molecular formula is C17H19NO4S2. The summed E-state index contributed by atoms with van der Waals surface area (Å²) >= 11 is 1.40. The van der Waals surface area contributed by atoms with Crippen LogP contribution in [0.2, 0.25) is 0 Å². The molecule has 0 aliphatic heterocycles. The van der Waals surface area contributed by atoms with E-state index in [2.05, 4.69) is 6.58 Å². The van der Waals surface area contributed by atoms with Gasteiger partial charge in [-0.25, -0.2) is 0 Å². The molecule has 5 nitrogen and oxygen atoms in total. The Morgan fingerprint density at radius 3 is 2.50 bits per heavy atom. The quantitative estimate of drug-likeness (QED) is 0.571. The predicted molar refractivity (Wildman–Crippen MR) is 96.7 cm³/mol. The van der Waals surface area contributed by atoms with Gasteiger partial charge in [0.15, 0.2) is 0 Å². The van der Waals surface area contributed by atoms with Gasteiger partial charge in [-0.05, 0) is 36.8 Å². The molecule has 0 unspecified atom stereocenters. The van der Waals surface area contributed by atoms with E-state index in [-0.39, 0.29) is 10.6 Å². The minimum atomic E-state index is -3.87. The van der Waals surface area contributed by atoms with Gasteiger partial charge in [0.05, 0.1) is 11.6 Å². The highest BCUT2D eigenvalue weighted by molar-refractivity contribution is 8.02. The van der Waals surface area contributed by atoms with Gasteiger partial charge in [-0.15, -0.1) is 11.8 Å². The average Bonchev–Trinajstić information content (AvgIpc) is 2.51. The fourth-order valence-corrected chi connectivity index (χ4v) is 3.30. The van der Waals surface area contributed by atoms with E-state index in [9.17, 15) is 8.42 Å². The first-order valence-corrected chi connectivity index (χ1v) is 9.57. The Kier molecular flexibility index (Phi) is 6.16. The number of hydrogen-bond donors (Lipinski definition) is 1. The van der Waals surface area contributed by atoms with Gasteiger partial charge >= 0.3 is 10.1 Å². The highest BCUT2D eigenvalue weighted by Crippen LogP contribution is 2.26. The molecule has 0 amide bonds. The zero-order valence-corrected chi connectivity index (χ0v) is 14.9. The van der Waals surface area contributed by atoms with Gasteiger partial charge in [-0.3, -0.25) is 0 Å². The summed E-state index contributed by atoms with van der Waals surface area (Å²) in [5, 5.41) is 0.529. The monoisotopic (exact) mass is 365 g/mol. The van der Waals surface area contributed by atoms with Crippen molar-refractivity contribution < 1.29 is 17.3 Å². The van der Waals surface area contributed by atoms with E-state index in [1.165, 1.54) is 23.9 Å². The van der Waals surface area contributed by atoms with E-state index in [0.717, 1.165) is 5.56 Å². The van der Waals surface area contributed by atoms with Crippen molar-refractivity contribution in [1.82, 2.24) is 0 Å². The maximum Gasteiger partial charge on any atom is 0.339 e. The molecule has 0 saturated carbocycles. The standard InChI is InChI=1S/C17H19NO4S2/c1-13-10-15(21-8-9-23-14(2)18)12-16(11-13)22-24(19,20)17-6-4-3-5-7-17/h3-7,10-12H,2,8-9,18H2,1H3. The van der Waals surface area contributed by atoms with Crippen molar-refractivity contribution in [2.45, 2.75) is 11.8 Å². The fourth-order valence-electron chi connectivity index (χ4n) is 1.94. The Balaban J connectivity index is 2.09. The Morgan fingerprint density at radius 2 is 1.83 bits per heavy atom. The molecule has 7 heteroatoms. The van der Waals surface area contributed by atoms with Gasteiger partial charge < -0.3 is 14.7 Å². The number of benzene rings is 2. The molecule has 0 bridgehead atoms. The normalized spacial score (nSPS) is 11.0. The topological polar surface area (TPSA) is 78.6 Å². The zero-order chi connectivity index (χ0) is 17.6. The molecule has 0 aliphatic rings. The maximum atomic E-state index is 12.3. The average molecular weight is 365 g/mol. The van der Waals surface area contributed by atoms with Gasteiger partial charge in [0, 0.05) is 11.8 Å². The van der Waals surface area contributed by atoms with Crippen molar-refractivity contribution in [2.75, 3.05) is 12.4 Å². The van der Waals surface area contributed by atoms with Crippen molar-refractivity contribution in [2.24, 2.45) is 5.73 Å². The summed E-state index contributed by atoms with van der Waals surface area (Å²) in [5.41, 5.74) is 6.31. The SMILES string of the molecule is C=C(N)SCCOc1cc(C)cc(OS(=O)(=O)c2ccccc2)c1. The summed E-state index contributed by atoms with van der Waals surface area (Å²) in [4.78, 5) is 0.104. The van der Waals surface area contributed by atoms with Gasteiger partial charge in [0.25, 0.3) is 0 Å². The molecule has 24 heavy (non-hydrogen) atoms. The smallest absolute Gasteiger partial charge is 0.339 e. The van der Waals surface area contributed by atoms with Crippen LogP contribution in [0.1, 0.15) is 5.56 Å². The number of thioether (sulfide) groups is 1. The molecule has 0 saturated heterocycles. The molecule has 0 radical (unpaired) electrons. The van der Waals surface area contributed by atoms with Crippen LogP contribution in [0.5, 0.6) is 11.5 Å². The summed E-state index contributed by atoms with van der Waals surface area (Å²) in [6, 6.07) is 13.0. The number of hydrogen-bond acceptors (Lipinski definition) is 6. The van der Waals surface area contributed by atoms with Crippen molar-refractivity contribution >= 4 is 21.9 Å². The Hall–Kier alpha value is -2.12. The van der Waals surface area contributed by atoms with Crippen molar-refractivity contribution in [3.05, 3.63) is 65.7 Å². The van der Waals surface area contributed by atoms with E-state index in [4.69, 9.17) is 14.7 Å². The molecule has 128 valence electrons. The maximum absolute atomic E-state index is 12.3. The minimum Gasteiger partial charge on any atom is -0.493 e. The van der Waals surface area contributed by atoms with Crippen LogP contribution in [0, 0.1) is 6.92 Å². The highest BCUT2D eigenvalue weighted by Gasteiger charge is 2.16. The third-order valence-corrected chi connectivity index (χ3v) is 4.90. The molecule has 0 aromatic heterocycles. The summed E-state index contributed by atoms with van der Waals surface area (Å²) in [5.74, 6) is 1.41. The Bertz CT molecular complexity index is 805. The van der Waals surface area contributed by atoms with E-state index < -0.39 is 10.1 Å². The molecule has 0 spiro atoms. The first kappa shape index (κ1) is 18.2. The second-order valence-electron chi connectivity index (χ2n) is 5.00. The fraction of sp³-hybridized carbons (Fsp3) is 0.176. The van der Waals surface area contributed by atoms with Crippen LogP contribution in [-0.2, 0) is 10.1 Å². The van der Waals surface area contributed by atoms with Crippen LogP contribution >= 0.6 is 11.8 Å². The lowest BCUT2D eigenvalue weighted by atomic mass is 10.2. The van der Waals surface area contributed by atoms with E-state index in [1.807, 2.05) is 13.0 Å². The Morgan fingerprint density at radius 1 is 1.17 bits per heavy atom. The zero-order valence-electron chi connectivity index (χ0n) is 13.3. The van der Waals surface area contributed by atoms with Gasteiger partial charge in [0.2, 0.25) is 0 Å². The molecule has 2 aromatic carbocycles. The number of rotatable bonds is 8. The summed E-state index contributed by atoms with van der Waals surface area (Å²) < 4.78 is 35.4. The summed E-state index contributed by atoms with van der Waals surface area (Å²) in [6.07, 6.45) is 0. The third-order valence-electron chi connectivity index (χ3n) is 2.90. The molecule has 0 aliphatic carbocycles. The predicted octanol–water partition coefficient (Wildman–Crippen LogP) is 3.30. The van der Waals surface area contributed by atoms with Crippen LogP contribution in [0.3, 0.4) is 0 Å². The van der Waals surface area contributed by atoms with Crippen LogP contribution < -0.4 is 14.7 Å². The van der Waals surface area contributed by atoms with E-state index >= 15 is 0 Å². The molecule has 0 atom stereocenters. The lowest BCUT2D eigenvalue weighted by Gasteiger charge is -2.11. The van der Waals surface area contributed by atoms with E-state index in [1.54, 1.807) is 30.3 Å². The number of aryl methyl sites for hydroxylation is 1. The second-order valence-corrected chi connectivity index (χ2v) is 7.76. The van der Waals surface area contributed by atoms with E-state index in [0.29, 0.717) is 23.1 Å². The molecule has 2 rings (SSSR count). The Labute approximate surface area is 146 Å². The molecule has 0 heterocycles. The van der Waals surface area contributed by atoms with Crippen LogP contribution in [0.15, 0.2) is 65.0 Å². The third kappa shape index (κ3) is 5.50. The van der Waals surface area contributed by atoms with Crippen molar-refractivity contribution in [3.8, 4) is 11.5 Å². The second kappa shape index (κ2) is 8.12. The first-order chi connectivity index (χ1) is 11.4. The lowest BCUT2D eigenvalue weighted by Crippen LogP contribution is -2.10. The highest BCUT2D eigenvalue weighted by atomic mass is 32.2. The lowest BCUT2D eigenvalue weighted by molar-refractivity contribution is 0.342. The summed E-state index contributed by atoms with van der Waals surface area (Å²) in [6.45, 7) is 5.86. The van der Waals surface area contributed by atoms with Crippen LogP contribution in [-0.4, -0.2) is 20.8 Å². The number of ether oxygens (including phenoxy) is 1. The molecular weight excluding hydrogens is 346 g/mol. The first-order valence-electron chi connectivity index (χ1n) is 7.18. The van der Waals surface area contributed by atoms with Crippen molar-refractivity contribution in [3.63, 3.8) is 0 Å². The molecule has 0 fully saturated rings. The van der Waals surface area contributed by atoms with Crippen molar-refractivity contribution in [1.29, 1.82) is 0 Å². The van der Waals surface area contributed by atoms with Crippen LogP contribution in [0.25, 0.3) is 0 Å². The minimum absolute atomic E-state index is 0.104. The van der Waals surface area contributed by atoms with Gasteiger partial charge in [-0.1, -0.05) is 24.8 Å². The van der Waals surface area contributed by atoms with Gasteiger partial charge in [0.1, 0.15) is 16.4 Å². The molecule has 2 N–H and O–H groups in total. The largest absolute Gasteiger partial charge is 0.493 e. The number of nitrogens with two attached hydrogens (primary N) is 1. The molecule has 2 aromatic rings. The summed E-state index contributed by atoms with van der Waals surface area (Å²) in [7, 11) is -3.87. The van der Waals surface area contributed by atoms with Crippen LogP contribution in [0.4, 0.5) is 0 Å².